The lowest BCUT2D eigenvalue weighted by molar-refractivity contribution is -0.138. The Morgan fingerprint density at radius 3 is 1.87 bits per heavy atom. The molecule has 14 nitrogen and oxygen atoms in total. The lowest BCUT2D eigenvalue weighted by Gasteiger charge is -2.30. The number of thiophene rings is 1. The zero-order chi connectivity index (χ0) is 38.7. The van der Waals surface area contributed by atoms with Gasteiger partial charge in [-0.2, -0.15) is 0 Å². The van der Waals surface area contributed by atoms with Crippen molar-refractivity contribution in [1.82, 2.24) is 45.4 Å². The van der Waals surface area contributed by atoms with Gasteiger partial charge in [-0.15, -0.1) is 22.7 Å². The van der Waals surface area contributed by atoms with Gasteiger partial charge in [0.05, 0.1) is 61.1 Å². The van der Waals surface area contributed by atoms with E-state index >= 15 is 0 Å². The monoisotopic (exact) mass is 783 g/mol. The van der Waals surface area contributed by atoms with Crippen LogP contribution in [0, 0.1) is 11.8 Å². The molecule has 16 heteroatoms. The van der Waals surface area contributed by atoms with Gasteiger partial charge in [-0.25, -0.2) is 19.7 Å². The van der Waals surface area contributed by atoms with Crippen molar-refractivity contribution in [3.05, 3.63) is 42.0 Å². The first-order valence-corrected chi connectivity index (χ1v) is 20.5. The molecular weight excluding hydrogens is 739 g/mol. The third kappa shape index (κ3) is 6.68. The van der Waals surface area contributed by atoms with E-state index in [4.69, 9.17) is 19.7 Å². The summed E-state index contributed by atoms with van der Waals surface area (Å²) >= 11 is 3.26. The number of nitrogens with one attached hydrogen (secondary N) is 4. The fraction of sp³-hybridized carbons (Fsp3) is 0.462. The summed E-state index contributed by atoms with van der Waals surface area (Å²) in [7, 11) is 1.29. The number of hydrogen-bond acceptors (Lipinski definition) is 10. The number of alkyl carbamates (subject to hydrolysis) is 1. The minimum absolute atomic E-state index is 0.0411. The van der Waals surface area contributed by atoms with E-state index in [-0.39, 0.29) is 41.6 Å². The lowest BCUT2D eigenvalue weighted by Crippen LogP contribution is -2.51. The molecule has 2 aliphatic heterocycles. The molecule has 4 atom stereocenters. The molecule has 2 aromatic carbocycles. The number of H-pyrrole nitrogens is 2. The molecule has 2 fully saturated rings. The predicted molar refractivity (Wildman–Crippen MR) is 214 cm³/mol. The van der Waals surface area contributed by atoms with Gasteiger partial charge in [0, 0.05) is 20.0 Å². The third-order valence-electron chi connectivity index (χ3n) is 10.8. The highest BCUT2D eigenvalue weighted by atomic mass is 32.1. The van der Waals surface area contributed by atoms with Gasteiger partial charge in [0.1, 0.15) is 28.7 Å². The van der Waals surface area contributed by atoms with E-state index in [2.05, 4.69) is 32.7 Å². The fourth-order valence-corrected chi connectivity index (χ4v) is 10.3. The lowest BCUT2D eigenvalue weighted by atomic mass is 10.0. The Labute approximate surface area is 325 Å². The first kappa shape index (κ1) is 36.9. The molecule has 0 spiro atoms. The van der Waals surface area contributed by atoms with Gasteiger partial charge in [0.25, 0.3) is 0 Å². The van der Waals surface area contributed by atoms with Crippen molar-refractivity contribution >= 4 is 88.9 Å². The number of rotatable bonds is 9. The van der Waals surface area contributed by atoms with E-state index in [0.717, 1.165) is 89.6 Å². The molecule has 6 heterocycles. The Morgan fingerprint density at radius 2 is 1.31 bits per heavy atom. The number of carbonyl (C=O) groups is 4. The maximum Gasteiger partial charge on any atom is 0.407 e. The highest BCUT2D eigenvalue weighted by Gasteiger charge is 2.39. The normalized spacial score (nSPS) is 18.7. The van der Waals surface area contributed by atoms with Crippen molar-refractivity contribution < 1.29 is 23.9 Å². The number of aromatic amines is 2. The molecule has 0 aliphatic carbocycles. The molecule has 6 aromatic rings. The number of fused-ring (bicyclic) bond motifs is 6. The van der Waals surface area contributed by atoms with Gasteiger partial charge in [0.2, 0.25) is 17.7 Å². The zero-order valence-corrected chi connectivity index (χ0v) is 33.3. The number of carbonyl (C=O) groups excluding carboxylic acids is 4. The average molecular weight is 784 g/mol. The summed E-state index contributed by atoms with van der Waals surface area (Å²) in [5, 5.41) is 7.54. The number of aromatic nitrogens is 5. The summed E-state index contributed by atoms with van der Waals surface area (Å²) in [5.41, 5.74) is 4.34. The standard InChI is InChI=1S/C39H45N9O5S2/c1-18(2)28(40-20(5)49)37(50)47-15-7-9-25(47)34-41-22-12-11-21-17-27(54-32(21)30(22)44-34)36-43-24-14-13-23-31(33(24)55-36)45-35(42-23)26-10-8-16-48(26)38(51)29(19(3)4)46-39(52)53-6/h11-14,17-19,25-26,28-29H,7-10,15-16H2,1-6H3,(H,40,49)(H,41,44)(H,42,45)(H,46,52)/t25-,26-,28-,29-/m0/s1. The number of imidazole rings is 2. The largest absolute Gasteiger partial charge is 0.453 e. The van der Waals surface area contributed by atoms with Crippen molar-refractivity contribution in [2.24, 2.45) is 11.8 Å². The summed E-state index contributed by atoms with van der Waals surface area (Å²) in [5.74, 6) is 0.882. The second-order valence-corrected chi connectivity index (χ2v) is 17.3. The first-order chi connectivity index (χ1) is 26.4. The quantitative estimate of drug-likeness (QED) is 0.124. The number of benzene rings is 2. The molecule has 0 saturated carbocycles. The maximum atomic E-state index is 13.7. The van der Waals surface area contributed by atoms with Gasteiger partial charge < -0.3 is 35.1 Å². The Bertz CT molecular complexity index is 2460. The van der Waals surface area contributed by atoms with E-state index in [1.165, 1.54) is 14.0 Å². The van der Waals surface area contributed by atoms with Crippen molar-refractivity contribution in [2.45, 2.75) is 84.5 Å². The SMILES string of the molecule is COC(=O)N[C@H](C(=O)N1CCC[C@H]1c1nc2ccc3nc(-c4cc5ccc6nc([C@@H]7CCCN7C(=O)[C@@H](NC(C)=O)C(C)C)[nH]c6c5s4)sc3c2[nH]1)C(C)C. The molecule has 0 bridgehead atoms. The molecular formula is C39H45N9O5S2. The summed E-state index contributed by atoms with van der Waals surface area (Å²) in [6.45, 7) is 10.3. The number of hydrogen-bond donors (Lipinski definition) is 4. The van der Waals surface area contributed by atoms with E-state index in [1.54, 1.807) is 22.7 Å². The summed E-state index contributed by atoms with van der Waals surface area (Å²) in [6, 6.07) is 8.49. The fourth-order valence-electron chi connectivity index (χ4n) is 8.02. The van der Waals surface area contributed by atoms with E-state index in [0.29, 0.717) is 13.1 Å². The Kier molecular flexibility index (Phi) is 9.74. The highest BCUT2D eigenvalue weighted by Crippen LogP contribution is 2.43. The van der Waals surface area contributed by atoms with Gasteiger partial charge >= 0.3 is 6.09 Å². The zero-order valence-electron chi connectivity index (χ0n) is 31.7. The van der Waals surface area contributed by atoms with Gasteiger partial charge in [-0.05, 0) is 67.2 Å². The van der Waals surface area contributed by atoms with Crippen LogP contribution in [0.5, 0.6) is 0 Å². The first-order valence-electron chi connectivity index (χ1n) is 18.9. The van der Waals surface area contributed by atoms with Crippen LogP contribution in [0.25, 0.3) is 52.3 Å². The number of methoxy groups -OCH3 is 1. The van der Waals surface area contributed by atoms with Gasteiger partial charge in [-0.1, -0.05) is 33.8 Å². The molecule has 55 heavy (non-hydrogen) atoms. The molecule has 2 aliphatic rings. The van der Waals surface area contributed by atoms with Crippen molar-refractivity contribution in [2.75, 3.05) is 20.2 Å². The van der Waals surface area contributed by atoms with Gasteiger partial charge in [-0.3, -0.25) is 14.4 Å². The van der Waals surface area contributed by atoms with Crippen LogP contribution in [-0.2, 0) is 19.1 Å². The molecule has 8 rings (SSSR count). The predicted octanol–water partition coefficient (Wildman–Crippen LogP) is 6.80. The number of nitrogens with zero attached hydrogens (tertiary/aromatic N) is 5. The Hall–Kier alpha value is -5.09. The van der Waals surface area contributed by atoms with Crippen LogP contribution in [-0.4, -0.2) is 90.8 Å². The maximum absolute atomic E-state index is 13.7. The minimum Gasteiger partial charge on any atom is -0.453 e. The smallest absolute Gasteiger partial charge is 0.407 e. The Morgan fingerprint density at radius 1 is 0.764 bits per heavy atom. The number of thiazole rings is 1. The van der Waals surface area contributed by atoms with Crippen LogP contribution in [0.1, 0.15) is 84.0 Å². The molecule has 288 valence electrons. The Balaban J connectivity index is 1.08. The molecule has 4 amide bonds. The number of likely N-dealkylation sites (tertiary alicyclic amines) is 2. The van der Waals surface area contributed by atoms with Gasteiger partial charge in [0.15, 0.2) is 0 Å². The third-order valence-corrected chi connectivity index (χ3v) is 13.2. The molecule has 4 aromatic heterocycles. The average Bonchev–Trinajstić information content (AvgIpc) is 3.99. The molecule has 0 unspecified atom stereocenters. The van der Waals surface area contributed by atoms with Crippen LogP contribution in [0.3, 0.4) is 0 Å². The van der Waals surface area contributed by atoms with Crippen molar-refractivity contribution in [3.8, 4) is 9.88 Å². The van der Waals surface area contributed by atoms with E-state index in [9.17, 15) is 19.2 Å². The minimum atomic E-state index is -0.704. The van der Waals surface area contributed by atoms with E-state index in [1.807, 2.05) is 55.7 Å². The summed E-state index contributed by atoms with van der Waals surface area (Å²) in [6.07, 6.45) is 2.63. The molecule has 2 saturated heterocycles. The van der Waals surface area contributed by atoms with Crippen molar-refractivity contribution in [3.63, 3.8) is 0 Å². The van der Waals surface area contributed by atoms with Crippen LogP contribution in [0.2, 0.25) is 0 Å². The second kappa shape index (κ2) is 14.5. The highest BCUT2D eigenvalue weighted by molar-refractivity contribution is 7.29. The summed E-state index contributed by atoms with van der Waals surface area (Å²) < 4.78 is 6.85. The van der Waals surface area contributed by atoms with Crippen molar-refractivity contribution in [1.29, 1.82) is 0 Å². The van der Waals surface area contributed by atoms with Crippen LogP contribution in [0.4, 0.5) is 4.79 Å². The van der Waals surface area contributed by atoms with Crippen LogP contribution in [0.15, 0.2) is 30.3 Å². The second-order valence-electron chi connectivity index (χ2n) is 15.2. The molecule has 4 N–H and O–H groups in total. The summed E-state index contributed by atoms with van der Waals surface area (Å²) in [4.78, 5) is 78.2. The van der Waals surface area contributed by atoms with E-state index < -0.39 is 18.2 Å². The van der Waals surface area contributed by atoms with Crippen LogP contribution >= 0.6 is 22.7 Å². The number of ether oxygens (including phenoxy) is 1. The van der Waals surface area contributed by atoms with Crippen LogP contribution < -0.4 is 10.6 Å². The molecule has 0 radical (unpaired) electrons. The number of amides is 4. The topological polar surface area (TPSA) is 178 Å².